The van der Waals surface area contributed by atoms with Crippen LogP contribution in [0.15, 0.2) is 53.4 Å². The van der Waals surface area contributed by atoms with Crippen molar-refractivity contribution >= 4 is 28.5 Å². The van der Waals surface area contributed by atoms with Gasteiger partial charge in [-0.25, -0.2) is 13.8 Å². The molecule has 0 fully saturated rings. The number of phenolic OH excluding ortho intramolecular Hbond substituents is 1. The van der Waals surface area contributed by atoms with Crippen LogP contribution in [0.25, 0.3) is 17.3 Å². The summed E-state index contributed by atoms with van der Waals surface area (Å²) in [7, 11) is 0. The third-order valence-corrected chi connectivity index (χ3v) is 4.27. The van der Waals surface area contributed by atoms with Crippen molar-refractivity contribution in [2.24, 2.45) is 0 Å². The summed E-state index contributed by atoms with van der Waals surface area (Å²) in [4.78, 5) is 16.5. The molecule has 3 rings (SSSR count). The van der Waals surface area contributed by atoms with Gasteiger partial charge in [0, 0.05) is 10.9 Å². The maximum atomic E-state index is 13.4. The topological polar surface area (TPSA) is 86.0 Å². The minimum Gasteiger partial charge on any atom is -0.503 e. The molecule has 0 saturated heterocycles. The second-order valence-electron chi connectivity index (χ2n) is 5.36. The van der Waals surface area contributed by atoms with Crippen molar-refractivity contribution < 1.29 is 18.7 Å². The van der Waals surface area contributed by atoms with Crippen molar-refractivity contribution in [1.29, 1.82) is 5.26 Å². The van der Waals surface area contributed by atoms with Crippen LogP contribution in [0.2, 0.25) is 0 Å². The lowest BCUT2D eigenvalue weighted by Crippen LogP contribution is -2.13. The van der Waals surface area contributed by atoms with Crippen LogP contribution >= 0.6 is 11.3 Å². The number of rotatable bonds is 4. The van der Waals surface area contributed by atoms with E-state index in [0.717, 1.165) is 23.8 Å². The smallest absolute Gasteiger partial charge is 0.268 e. The van der Waals surface area contributed by atoms with Gasteiger partial charge < -0.3 is 5.11 Å². The summed E-state index contributed by atoms with van der Waals surface area (Å²) in [6, 6.07) is 12.7. The summed E-state index contributed by atoms with van der Waals surface area (Å²) >= 11 is 1.18. The highest BCUT2D eigenvalue weighted by molar-refractivity contribution is 7.14. The second-order valence-corrected chi connectivity index (χ2v) is 6.22. The van der Waals surface area contributed by atoms with Crippen LogP contribution in [0.1, 0.15) is 5.56 Å². The molecule has 8 heteroatoms. The van der Waals surface area contributed by atoms with Gasteiger partial charge in [0.15, 0.2) is 22.5 Å². The van der Waals surface area contributed by atoms with Gasteiger partial charge in [0.25, 0.3) is 5.91 Å². The number of carbonyl (C=O) groups is 1. The maximum absolute atomic E-state index is 13.4. The van der Waals surface area contributed by atoms with Gasteiger partial charge in [-0.05, 0) is 23.8 Å². The van der Waals surface area contributed by atoms with E-state index in [0.29, 0.717) is 5.69 Å². The summed E-state index contributed by atoms with van der Waals surface area (Å²) in [5, 5.41) is 22.8. The molecule has 2 aromatic carbocycles. The minimum atomic E-state index is -1.19. The van der Waals surface area contributed by atoms with Crippen molar-refractivity contribution in [3.05, 3.63) is 70.6 Å². The molecule has 0 unspecified atom stereocenters. The first kappa shape index (κ1) is 18.2. The van der Waals surface area contributed by atoms with Gasteiger partial charge in [0.2, 0.25) is 0 Å². The monoisotopic (exact) mass is 383 g/mol. The zero-order chi connectivity index (χ0) is 19.4. The number of carbonyl (C=O) groups excluding carboxylic acids is 1. The average Bonchev–Trinajstić information content (AvgIpc) is 3.13. The molecular weight excluding hydrogens is 372 g/mol. The molecule has 0 aliphatic rings. The van der Waals surface area contributed by atoms with Crippen LogP contribution in [0.5, 0.6) is 5.75 Å². The molecule has 0 aliphatic carbocycles. The van der Waals surface area contributed by atoms with E-state index in [1.807, 2.05) is 30.3 Å². The number of hydrogen-bond acceptors (Lipinski definition) is 5. The first-order valence-corrected chi connectivity index (χ1v) is 8.48. The molecule has 2 N–H and O–H groups in total. The SMILES string of the molecule is N#C/C(=C\c1cc(F)c(O)c(F)c1)C(=O)Nc1nc(-c2ccccc2)cs1. The highest BCUT2D eigenvalue weighted by atomic mass is 32.1. The first-order valence-electron chi connectivity index (χ1n) is 7.60. The van der Waals surface area contributed by atoms with E-state index < -0.39 is 23.3 Å². The molecule has 0 radical (unpaired) electrons. The fraction of sp³-hybridized carbons (Fsp3) is 0. The van der Waals surface area contributed by atoms with E-state index in [1.165, 1.54) is 11.3 Å². The fourth-order valence-corrected chi connectivity index (χ4v) is 2.94. The number of phenols is 1. The minimum absolute atomic E-state index is 0.0707. The molecule has 1 aromatic heterocycles. The Kier molecular flexibility index (Phi) is 5.24. The zero-order valence-corrected chi connectivity index (χ0v) is 14.4. The molecular formula is C19H11F2N3O2S. The van der Waals surface area contributed by atoms with Crippen LogP contribution in [0, 0.1) is 23.0 Å². The molecule has 27 heavy (non-hydrogen) atoms. The molecule has 0 atom stereocenters. The van der Waals surface area contributed by atoms with Crippen molar-refractivity contribution in [3.63, 3.8) is 0 Å². The van der Waals surface area contributed by atoms with Gasteiger partial charge in [-0.3, -0.25) is 10.1 Å². The van der Waals surface area contributed by atoms with E-state index in [2.05, 4.69) is 10.3 Å². The Labute approximate surface area is 156 Å². The van der Waals surface area contributed by atoms with Crippen LogP contribution in [0.4, 0.5) is 13.9 Å². The molecule has 0 spiro atoms. The quantitative estimate of drug-likeness (QED) is 0.518. The predicted molar refractivity (Wildman–Crippen MR) is 97.8 cm³/mol. The number of nitriles is 1. The number of aromatic nitrogens is 1. The van der Waals surface area contributed by atoms with Crippen molar-refractivity contribution in [1.82, 2.24) is 4.98 Å². The van der Waals surface area contributed by atoms with Crippen LogP contribution in [0.3, 0.4) is 0 Å². The lowest BCUT2D eigenvalue weighted by Gasteiger charge is -2.02. The predicted octanol–water partition coefficient (Wildman–Crippen LogP) is 4.34. The number of nitrogens with one attached hydrogen (secondary N) is 1. The number of hydrogen-bond donors (Lipinski definition) is 2. The summed E-state index contributed by atoms with van der Waals surface area (Å²) in [5.41, 5.74) is 1.11. The van der Waals surface area contributed by atoms with E-state index in [4.69, 9.17) is 5.11 Å². The molecule has 3 aromatic rings. The molecule has 0 saturated carbocycles. The number of aromatic hydroxyl groups is 1. The zero-order valence-electron chi connectivity index (χ0n) is 13.6. The van der Waals surface area contributed by atoms with Crippen LogP contribution < -0.4 is 5.32 Å². The Hall–Kier alpha value is -3.57. The van der Waals surface area contributed by atoms with Crippen LogP contribution in [-0.2, 0) is 4.79 Å². The molecule has 1 amide bonds. The summed E-state index contributed by atoms with van der Waals surface area (Å²) in [6.45, 7) is 0. The number of amides is 1. The Morgan fingerprint density at radius 1 is 1.22 bits per heavy atom. The molecule has 0 bridgehead atoms. The lowest BCUT2D eigenvalue weighted by atomic mass is 10.1. The van der Waals surface area contributed by atoms with E-state index in [-0.39, 0.29) is 16.3 Å². The van der Waals surface area contributed by atoms with Crippen molar-refractivity contribution in [3.8, 4) is 23.1 Å². The van der Waals surface area contributed by atoms with Gasteiger partial charge in [0.05, 0.1) is 5.69 Å². The first-order chi connectivity index (χ1) is 13.0. The molecule has 0 aliphatic heterocycles. The molecule has 134 valence electrons. The molecule has 1 heterocycles. The maximum Gasteiger partial charge on any atom is 0.268 e. The Bertz CT molecular complexity index is 1050. The average molecular weight is 383 g/mol. The largest absolute Gasteiger partial charge is 0.503 e. The second kappa shape index (κ2) is 7.76. The van der Waals surface area contributed by atoms with Gasteiger partial charge in [-0.1, -0.05) is 30.3 Å². The number of halogens is 2. The van der Waals surface area contributed by atoms with Gasteiger partial charge >= 0.3 is 0 Å². The summed E-state index contributed by atoms with van der Waals surface area (Å²) < 4.78 is 26.8. The fourth-order valence-electron chi connectivity index (χ4n) is 2.22. The summed E-state index contributed by atoms with van der Waals surface area (Å²) in [5.74, 6) is -4.26. The highest BCUT2D eigenvalue weighted by Crippen LogP contribution is 2.26. The normalized spacial score (nSPS) is 11.1. The number of anilines is 1. The highest BCUT2D eigenvalue weighted by Gasteiger charge is 2.14. The van der Waals surface area contributed by atoms with E-state index in [1.54, 1.807) is 11.4 Å². The standard InChI is InChI=1S/C19H11F2N3O2S/c20-14-7-11(8-15(21)17(14)25)6-13(9-22)18(26)24-19-23-16(10-27-19)12-4-2-1-3-5-12/h1-8,10,25H,(H,23,24,26)/b13-6+. The van der Waals surface area contributed by atoms with E-state index >= 15 is 0 Å². The van der Waals surface area contributed by atoms with Crippen molar-refractivity contribution in [2.45, 2.75) is 0 Å². The molecule has 5 nitrogen and oxygen atoms in total. The summed E-state index contributed by atoms with van der Waals surface area (Å²) in [6.07, 6.45) is 1.02. The van der Waals surface area contributed by atoms with Crippen molar-refractivity contribution in [2.75, 3.05) is 5.32 Å². The lowest BCUT2D eigenvalue weighted by molar-refractivity contribution is -0.112. The Balaban J connectivity index is 1.80. The van der Waals surface area contributed by atoms with E-state index in [9.17, 15) is 18.8 Å². The Morgan fingerprint density at radius 3 is 2.52 bits per heavy atom. The van der Waals surface area contributed by atoms with Crippen LogP contribution in [-0.4, -0.2) is 16.0 Å². The number of thiazole rings is 1. The number of benzene rings is 2. The van der Waals surface area contributed by atoms with Gasteiger partial charge in [-0.2, -0.15) is 5.26 Å². The number of nitrogens with zero attached hydrogens (tertiary/aromatic N) is 2. The van der Waals surface area contributed by atoms with Gasteiger partial charge in [-0.15, -0.1) is 11.3 Å². The third-order valence-electron chi connectivity index (χ3n) is 3.51. The Morgan fingerprint density at radius 2 is 1.89 bits per heavy atom. The third kappa shape index (κ3) is 4.16. The van der Waals surface area contributed by atoms with Gasteiger partial charge in [0.1, 0.15) is 11.6 Å².